The molecule has 5 heteroatoms. The molecule has 1 heterocycles. The Labute approximate surface area is 182 Å². The van der Waals surface area contributed by atoms with Gasteiger partial charge in [-0.15, -0.1) is 11.8 Å². The topological polar surface area (TPSA) is 3.24 Å². The van der Waals surface area contributed by atoms with Crippen LogP contribution in [0.5, 0.6) is 0 Å². The van der Waals surface area contributed by atoms with Crippen LogP contribution in [0.2, 0.25) is 0 Å². The number of likely N-dealkylation sites (tertiary alicyclic amines) is 1. The monoisotopic (exact) mass is 433 g/mol. The van der Waals surface area contributed by atoms with Crippen LogP contribution in [0.4, 0.5) is 13.2 Å². The first kappa shape index (κ1) is 21.8. The third-order valence-electron chi connectivity index (χ3n) is 6.91. The van der Waals surface area contributed by atoms with E-state index in [-0.39, 0.29) is 6.54 Å². The quantitative estimate of drug-likeness (QED) is 0.430. The van der Waals surface area contributed by atoms with Gasteiger partial charge in [0.15, 0.2) is 0 Å². The Kier molecular flexibility index (Phi) is 6.50. The Hall–Kier alpha value is -1.46. The first-order chi connectivity index (χ1) is 14.4. The molecule has 1 aliphatic carbocycles. The van der Waals surface area contributed by atoms with Crippen LogP contribution in [0.3, 0.4) is 0 Å². The molecule has 0 unspecified atom stereocenters. The second-order valence-corrected chi connectivity index (χ2v) is 9.84. The number of rotatable bonds is 7. The second-order valence-electron chi connectivity index (χ2n) is 8.96. The number of hydrogen-bond acceptors (Lipinski definition) is 2. The largest absolute Gasteiger partial charge is 0.395 e. The van der Waals surface area contributed by atoms with Gasteiger partial charge in [0.1, 0.15) is 0 Å². The van der Waals surface area contributed by atoms with Crippen LogP contribution in [-0.4, -0.2) is 37.0 Å². The van der Waals surface area contributed by atoms with E-state index in [1.807, 2.05) is 4.90 Å². The van der Waals surface area contributed by atoms with Crippen LogP contribution in [0, 0.1) is 11.3 Å². The van der Waals surface area contributed by atoms with Crippen molar-refractivity contribution in [2.75, 3.05) is 25.9 Å². The van der Waals surface area contributed by atoms with Gasteiger partial charge in [-0.3, -0.25) is 0 Å². The maximum absolute atomic E-state index is 13.2. The summed E-state index contributed by atoms with van der Waals surface area (Å²) in [5.41, 5.74) is 2.42. The molecule has 2 aromatic rings. The lowest BCUT2D eigenvalue weighted by atomic mass is 9.89. The highest BCUT2D eigenvalue weighted by Crippen LogP contribution is 2.58. The van der Waals surface area contributed by atoms with Crippen LogP contribution in [0.25, 0.3) is 11.1 Å². The number of benzene rings is 2. The third kappa shape index (κ3) is 5.05. The van der Waals surface area contributed by atoms with Crippen molar-refractivity contribution in [2.24, 2.45) is 11.3 Å². The SMILES string of the molecule is CSc1ccc(-c2ccc(CCC3CCN(CC4(C(F)(F)F)CC4)CC3)cc2)cc1. The molecule has 30 heavy (non-hydrogen) atoms. The van der Waals surface area contributed by atoms with Crippen LogP contribution in [0.1, 0.15) is 37.7 Å². The predicted molar refractivity (Wildman–Crippen MR) is 119 cm³/mol. The minimum atomic E-state index is -4.03. The zero-order valence-electron chi connectivity index (χ0n) is 17.5. The summed E-state index contributed by atoms with van der Waals surface area (Å²) in [6.07, 6.45) is 2.89. The molecule has 1 aliphatic heterocycles. The van der Waals surface area contributed by atoms with Crippen molar-refractivity contribution in [3.05, 3.63) is 54.1 Å². The summed E-state index contributed by atoms with van der Waals surface area (Å²) in [7, 11) is 0. The highest BCUT2D eigenvalue weighted by Gasteiger charge is 2.63. The van der Waals surface area contributed by atoms with Crippen molar-refractivity contribution in [1.29, 1.82) is 0 Å². The molecule has 0 spiro atoms. The number of nitrogens with zero attached hydrogens (tertiary/aromatic N) is 1. The Morgan fingerprint density at radius 2 is 1.50 bits per heavy atom. The molecule has 0 atom stereocenters. The summed E-state index contributed by atoms with van der Waals surface area (Å²) in [6.45, 7) is 1.84. The molecule has 0 amide bonds. The Morgan fingerprint density at radius 3 is 2.00 bits per heavy atom. The molecule has 1 saturated heterocycles. The van der Waals surface area contributed by atoms with Gasteiger partial charge in [0.25, 0.3) is 0 Å². The zero-order valence-corrected chi connectivity index (χ0v) is 18.4. The molecule has 2 aromatic carbocycles. The zero-order chi connectivity index (χ0) is 21.2. The predicted octanol–water partition coefficient (Wildman–Crippen LogP) is 7.06. The van der Waals surface area contributed by atoms with Crippen LogP contribution in [-0.2, 0) is 6.42 Å². The smallest absolute Gasteiger partial charge is 0.302 e. The van der Waals surface area contributed by atoms with Crippen LogP contribution >= 0.6 is 11.8 Å². The van der Waals surface area contributed by atoms with E-state index in [4.69, 9.17) is 0 Å². The summed E-state index contributed by atoms with van der Waals surface area (Å²) in [5.74, 6) is 0.626. The van der Waals surface area contributed by atoms with E-state index in [0.717, 1.165) is 38.8 Å². The van der Waals surface area contributed by atoms with Crippen LogP contribution in [0.15, 0.2) is 53.4 Å². The average molecular weight is 434 g/mol. The highest BCUT2D eigenvalue weighted by molar-refractivity contribution is 7.98. The summed E-state index contributed by atoms with van der Waals surface area (Å²) in [4.78, 5) is 3.32. The van der Waals surface area contributed by atoms with Gasteiger partial charge in [-0.05, 0) is 92.6 Å². The molecule has 1 nitrogen and oxygen atoms in total. The fourth-order valence-electron chi connectivity index (χ4n) is 4.56. The third-order valence-corrected chi connectivity index (χ3v) is 7.65. The lowest BCUT2D eigenvalue weighted by molar-refractivity contribution is -0.192. The van der Waals surface area contributed by atoms with Crippen molar-refractivity contribution in [3.63, 3.8) is 0 Å². The number of alkyl halides is 3. The second kappa shape index (κ2) is 8.96. The van der Waals surface area contributed by atoms with E-state index in [1.165, 1.54) is 21.6 Å². The minimum Gasteiger partial charge on any atom is -0.302 e. The van der Waals surface area contributed by atoms with Crippen LogP contribution < -0.4 is 0 Å². The van der Waals surface area contributed by atoms with Gasteiger partial charge in [-0.25, -0.2) is 0 Å². The van der Waals surface area contributed by atoms with Gasteiger partial charge in [-0.1, -0.05) is 36.4 Å². The van der Waals surface area contributed by atoms with Gasteiger partial charge in [0.2, 0.25) is 0 Å². The normalized spacial score (nSPS) is 19.7. The average Bonchev–Trinajstić information content (AvgIpc) is 3.55. The number of hydrogen-bond donors (Lipinski definition) is 0. The summed E-state index contributed by atoms with van der Waals surface area (Å²) in [5, 5.41) is 0. The Morgan fingerprint density at radius 1 is 0.933 bits per heavy atom. The number of aryl methyl sites for hydroxylation is 1. The van der Waals surface area contributed by atoms with Crippen molar-refractivity contribution in [1.82, 2.24) is 4.90 Å². The van der Waals surface area contributed by atoms with Gasteiger partial charge >= 0.3 is 6.18 Å². The standard InChI is InChI=1S/C25H30F3NS/c1-30-23-10-8-22(9-11-23)21-6-4-19(5-7-21)2-3-20-12-16-29(17-13-20)18-24(14-15-24)25(26,27)28/h4-11,20H,2-3,12-18H2,1H3. The van der Waals surface area contributed by atoms with E-state index in [0.29, 0.717) is 18.8 Å². The van der Waals surface area contributed by atoms with Gasteiger partial charge in [0.05, 0.1) is 5.41 Å². The van der Waals surface area contributed by atoms with E-state index in [2.05, 4.69) is 54.8 Å². The fraction of sp³-hybridized carbons (Fsp3) is 0.520. The van der Waals surface area contributed by atoms with E-state index in [1.54, 1.807) is 11.8 Å². The van der Waals surface area contributed by atoms with Crippen molar-refractivity contribution >= 4 is 11.8 Å². The minimum absolute atomic E-state index is 0.211. The van der Waals surface area contributed by atoms with E-state index < -0.39 is 11.6 Å². The number of halogens is 3. The lowest BCUT2D eigenvalue weighted by Gasteiger charge is -2.35. The summed E-state index contributed by atoms with van der Waals surface area (Å²) in [6, 6.07) is 17.5. The molecule has 2 aliphatic rings. The van der Waals surface area contributed by atoms with Gasteiger partial charge in [-0.2, -0.15) is 13.2 Å². The fourth-order valence-corrected chi connectivity index (χ4v) is 4.97. The van der Waals surface area contributed by atoms with Gasteiger partial charge in [0, 0.05) is 11.4 Å². The Balaban J connectivity index is 1.23. The molecule has 0 aromatic heterocycles. The number of piperidine rings is 1. The maximum atomic E-state index is 13.2. The lowest BCUT2D eigenvalue weighted by Crippen LogP contribution is -2.42. The maximum Gasteiger partial charge on any atom is 0.395 e. The molecular formula is C25H30F3NS. The highest BCUT2D eigenvalue weighted by atomic mass is 32.2. The van der Waals surface area contributed by atoms with E-state index in [9.17, 15) is 13.2 Å². The molecular weight excluding hydrogens is 403 g/mol. The van der Waals surface area contributed by atoms with Crippen molar-refractivity contribution < 1.29 is 13.2 Å². The molecule has 162 valence electrons. The summed E-state index contributed by atoms with van der Waals surface area (Å²) >= 11 is 1.75. The van der Waals surface area contributed by atoms with Crippen molar-refractivity contribution in [3.8, 4) is 11.1 Å². The molecule has 4 rings (SSSR count). The molecule has 2 fully saturated rings. The Bertz CT molecular complexity index is 817. The molecule has 1 saturated carbocycles. The summed E-state index contributed by atoms with van der Waals surface area (Å²) < 4.78 is 39.5. The first-order valence-electron chi connectivity index (χ1n) is 10.9. The molecule has 0 N–H and O–H groups in total. The van der Waals surface area contributed by atoms with E-state index >= 15 is 0 Å². The van der Waals surface area contributed by atoms with Gasteiger partial charge < -0.3 is 4.90 Å². The number of thioether (sulfide) groups is 1. The first-order valence-corrected chi connectivity index (χ1v) is 12.1. The molecule has 0 radical (unpaired) electrons. The van der Waals surface area contributed by atoms with Crippen molar-refractivity contribution in [2.45, 2.75) is 49.6 Å². The molecule has 0 bridgehead atoms.